The molecule has 0 N–H and O–H groups in total. The molecule has 0 radical (unpaired) electrons. The molecule has 3 aromatic carbocycles. The molecule has 0 bridgehead atoms. The Morgan fingerprint density at radius 2 is 1.86 bits per heavy atom. The van der Waals surface area contributed by atoms with E-state index in [9.17, 15) is 4.79 Å². The van der Waals surface area contributed by atoms with Crippen LogP contribution in [-0.4, -0.2) is 18.8 Å². The third kappa shape index (κ3) is 4.00. The zero-order chi connectivity index (χ0) is 25.7. The zero-order valence-corrected chi connectivity index (χ0v) is 22.5. The van der Waals surface area contributed by atoms with Gasteiger partial charge in [-0.1, -0.05) is 70.9 Å². The quantitative estimate of drug-likeness (QED) is 0.331. The average Bonchev–Trinajstić information content (AvgIpc) is 3.23. The highest BCUT2D eigenvalue weighted by Crippen LogP contribution is 2.44. The summed E-state index contributed by atoms with van der Waals surface area (Å²) >= 11 is 14.0. The summed E-state index contributed by atoms with van der Waals surface area (Å²) in [6, 6.07) is 19.0. The zero-order valence-electron chi connectivity index (χ0n) is 20.1. The first-order valence-electron chi connectivity index (χ1n) is 11.8. The van der Waals surface area contributed by atoms with E-state index in [0.29, 0.717) is 36.4 Å². The van der Waals surface area contributed by atoms with E-state index < -0.39 is 0 Å². The highest BCUT2D eigenvalue weighted by atomic mass is 35.5. The molecule has 2 heterocycles. The van der Waals surface area contributed by atoms with E-state index in [-0.39, 0.29) is 11.6 Å². The van der Waals surface area contributed by atoms with E-state index in [0.717, 1.165) is 35.2 Å². The number of hydrogen-bond donors (Lipinski definition) is 0. The van der Waals surface area contributed by atoms with Gasteiger partial charge in [0.25, 0.3) is 5.56 Å². The molecule has 37 heavy (non-hydrogen) atoms. The van der Waals surface area contributed by atoms with Crippen molar-refractivity contribution in [2.45, 2.75) is 18.9 Å². The van der Waals surface area contributed by atoms with Crippen LogP contribution in [0.15, 0.2) is 76.0 Å². The third-order valence-electron chi connectivity index (χ3n) is 6.87. The largest absolute Gasteiger partial charge is 0.497 e. The smallest absolute Gasteiger partial charge is 0.271 e. The fourth-order valence-electron chi connectivity index (χ4n) is 5.13. The van der Waals surface area contributed by atoms with Crippen LogP contribution in [0.3, 0.4) is 0 Å². The molecule has 186 valence electrons. The van der Waals surface area contributed by atoms with E-state index in [2.05, 4.69) is 18.2 Å². The highest BCUT2D eigenvalue weighted by molar-refractivity contribution is 7.07. The predicted octanol–water partition coefficient (Wildman–Crippen LogP) is 5.64. The molecule has 1 unspecified atom stereocenters. The minimum absolute atomic E-state index is 0.139. The SMILES string of the molecule is COc1ccc(OC)c(C2C3=C(N=c4sc(=Cc5cccc(Cl)c5Cl)c(=O)n42)c2ccccc2CC3)c1. The fraction of sp³-hybridized carbons (Fsp3) is 0.172. The van der Waals surface area contributed by atoms with E-state index in [1.807, 2.05) is 36.4 Å². The van der Waals surface area contributed by atoms with E-state index >= 15 is 0 Å². The van der Waals surface area contributed by atoms with Crippen LogP contribution in [0, 0.1) is 0 Å². The topological polar surface area (TPSA) is 52.8 Å². The summed E-state index contributed by atoms with van der Waals surface area (Å²) in [5.41, 5.74) is 5.77. The second-order valence-electron chi connectivity index (χ2n) is 8.86. The Balaban J connectivity index is 1.67. The first kappa shape index (κ1) is 24.0. The monoisotopic (exact) mass is 548 g/mol. The van der Waals surface area contributed by atoms with Crippen molar-refractivity contribution >= 4 is 46.3 Å². The normalized spacial score (nSPS) is 16.5. The molecule has 0 saturated heterocycles. The molecular weight excluding hydrogens is 527 g/mol. The molecule has 8 heteroatoms. The van der Waals surface area contributed by atoms with E-state index in [1.54, 1.807) is 30.9 Å². The number of benzene rings is 3. The first-order valence-corrected chi connectivity index (χ1v) is 13.4. The van der Waals surface area contributed by atoms with Gasteiger partial charge in [0.2, 0.25) is 0 Å². The number of ether oxygens (including phenoxy) is 2. The number of methoxy groups -OCH3 is 2. The van der Waals surface area contributed by atoms with Gasteiger partial charge in [0.15, 0.2) is 4.80 Å². The van der Waals surface area contributed by atoms with Gasteiger partial charge in [0.1, 0.15) is 11.5 Å². The molecule has 2 aliphatic rings. The van der Waals surface area contributed by atoms with Gasteiger partial charge < -0.3 is 9.47 Å². The summed E-state index contributed by atoms with van der Waals surface area (Å²) in [5, 5.41) is 0.850. The van der Waals surface area contributed by atoms with Crippen molar-refractivity contribution in [3.63, 3.8) is 0 Å². The number of halogens is 2. The van der Waals surface area contributed by atoms with Crippen LogP contribution >= 0.6 is 34.5 Å². The maximum Gasteiger partial charge on any atom is 0.271 e. The van der Waals surface area contributed by atoms with Gasteiger partial charge in [-0.3, -0.25) is 9.36 Å². The fourth-order valence-corrected chi connectivity index (χ4v) is 6.48. The summed E-state index contributed by atoms with van der Waals surface area (Å²) in [7, 11) is 3.27. The highest BCUT2D eigenvalue weighted by Gasteiger charge is 2.34. The predicted molar refractivity (Wildman–Crippen MR) is 149 cm³/mol. The van der Waals surface area contributed by atoms with Gasteiger partial charge in [0.05, 0.1) is 40.5 Å². The Morgan fingerprint density at radius 1 is 1.03 bits per heavy atom. The molecule has 0 spiro atoms. The van der Waals surface area contributed by atoms with Crippen LogP contribution in [0.1, 0.15) is 34.7 Å². The molecule has 1 atom stereocenters. The van der Waals surface area contributed by atoms with Crippen molar-refractivity contribution in [2.75, 3.05) is 14.2 Å². The average molecular weight is 549 g/mol. The van der Waals surface area contributed by atoms with Gasteiger partial charge in [-0.15, -0.1) is 0 Å². The van der Waals surface area contributed by atoms with Crippen LogP contribution < -0.4 is 24.4 Å². The van der Waals surface area contributed by atoms with Gasteiger partial charge in [-0.05, 0) is 59.9 Å². The van der Waals surface area contributed by atoms with E-state index in [4.69, 9.17) is 37.7 Å². The van der Waals surface area contributed by atoms with Gasteiger partial charge >= 0.3 is 0 Å². The number of nitrogens with zero attached hydrogens (tertiary/aromatic N) is 2. The second kappa shape index (κ2) is 9.53. The minimum Gasteiger partial charge on any atom is -0.497 e. The Labute approximate surface area is 227 Å². The van der Waals surface area contributed by atoms with Gasteiger partial charge in [-0.25, -0.2) is 4.99 Å². The Kier molecular flexibility index (Phi) is 6.19. The molecule has 5 nitrogen and oxygen atoms in total. The molecule has 1 aromatic heterocycles. The van der Waals surface area contributed by atoms with Gasteiger partial charge in [-0.2, -0.15) is 0 Å². The van der Waals surface area contributed by atoms with Crippen molar-refractivity contribution in [3.05, 3.63) is 118 Å². The number of aryl methyl sites for hydroxylation is 1. The van der Waals surface area contributed by atoms with Crippen LogP contribution in [0.5, 0.6) is 11.5 Å². The van der Waals surface area contributed by atoms with Gasteiger partial charge in [0, 0.05) is 11.1 Å². The molecular formula is C29H22Cl2N2O3S. The van der Waals surface area contributed by atoms with Crippen molar-refractivity contribution in [1.29, 1.82) is 0 Å². The summed E-state index contributed by atoms with van der Waals surface area (Å²) in [6.07, 6.45) is 3.44. The third-order valence-corrected chi connectivity index (χ3v) is 8.69. The second-order valence-corrected chi connectivity index (χ2v) is 10.7. The lowest BCUT2D eigenvalue weighted by Crippen LogP contribution is -2.39. The number of aromatic nitrogens is 1. The number of fused-ring (bicyclic) bond motifs is 3. The van der Waals surface area contributed by atoms with Crippen molar-refractivity contribution < 1.29 is 9.47 Å². The Morgan fingerprint density at radius 3 is 2.68 bits per heavy atom. The summed E-state index contributed by atoms with van der Waals surface area (Å²) in [4.78, 5) is 19.7. The van der Waals surface area contributed by atoms with Crippen LogP contribution in [-0.2, 0) is 6.42 Å². The van der Waals surface area contributed by atoms with E-state index in [1.165, 1.54) is 16.9 Å². The lowest BCUT2D eigenvalue weighted by Gasteiger charge is -2.31. The standard InChI is InChI=1S/C29H22Cl2N2O3S/c1-35-18-11-13-23(36-2)21(15-18)27-20-12-10-16-6-3-4-8-19(16)26(20)32-29-33(27)28(34)24(37-29)14-17-7-5-9-22(30)25(17)31/h3-9,11,13-15,27H,10,12H2,1-2H3. The van der Waals surface area contributed by atoms with Crippen molar-refractivity contribution in [2.24, 2.45) is 4.99 Å². The summed E-state index contributed by atoms with van der Waals surface area (Å²) < 4.78 is 13.6. The molecule has 0 saturated carbocycles. The van der Waals surface area contributed by atoms with Crippen LogP contribution in [0.2, 0.25) is 10.0 Å². The Bertz CT molecular complexity index is 1770. The number of allylic oxidation sites excluding steroid dienone is 1. The van der Waals surface area contributed by atoms with Crippen LogP contribution in [0.4, 0.5) is 0 Å². The maximum atomic E-state index is 14.0. The number of rotatable bonds is 4. The maximum absolute atomic E-state index is 14.0. The van der Waals surface area contributed by atoms with Crippen LogP contribution in [0.25, 0.3) is 11.8 Å². The number of thiazole rings is 1. The van der Waals surface area contributed by atoms with Crippen molar-refractivity contribution in [1.82, 2.24) is 4.57 Å². The molecule has 0 fully saturated rings. The lowest BCUT2D eigenvalue weighted by atomic mass is 9.83. The molecule has 4 aromatic rings. The molecule has 1 aliphatic heterocycles. The lowest BCUT2D eigenvalue weighted by molar-refractivity contribution is 0.392. The number of hydrogen-bond acceptors (Lipinski definition) is 5. The minimum atomic E-state index is -0.387. The molecule has 1 aliphatic carbocycles. The first-order chi connectivity index (χ1) is 18.0. The summed E-state index contributed by atoms with van der Waals surface area (Å²) in [6.45, 7) is 0. The molecule has 0 amide bonds. The molecule has 6 rings (SSSR count). The summed E-state index contributed by atoms with van der Waals surface area (Å²) in [5.74, 6) is 1.38. The van der Waals surface area contributed by atoms with Crippen molar-refractivity contribution in [3.8, 4) is 11.5 Å². The Hall–Kier alpha value is -3.32.